The Bertz CT molecular complexity index is 1200. The van der Waals surface area contributed by atoms with Gasteiger partial charge in [0.1, 0.15) is 18.5 Å². The minimum Gasteiger partial charge on any atom is -0.480 e. The van der Waals surface area contributed by atoms with Gasteiger partial charge in [-0.05, 0) is 92.3 Å². The lowest BCUT2D eigenvalue weighted by Gasteiger charge is -2.39. The lowest BCUT2D eigenvalue weighted by Crippen LogP contribution is -2.49. The highest BCUT2D eigenvalue weighted by Crippen LogP contribution is 2.43. The molecule has 0 aromatic heterocycles. The van der Waals surface area contributed by atoms with Crippen molar-refractivity contribution in [2.75, 3.05) is 33.2 Å². The van der Waals surface area contributed by atoms with Gasteiger partial charge in [-0.3, -0.25) is 9.69 Å². The van der Waals surface area contributed by atoms with Crippen LogP contribution in [-0.2, 0) is 16.1 Å². The average molecular weight is 616 g/mol. The van der Waals surface area contributed by atoms with Crippen molar-refractivity contribution in [2.24, 2.45) is 11.8 Å². The maximum absolute atomic E-state index is 14.3. The number of carbonyl (C=O) groups is 2. The van der Waals surface area contributed by atoms with Crippen molar-refractivity contribution in [3.05, 3.63) is 70.5 Å². The number of ether oxygens (including phenoxy) is 1. The molecule has 7 nitrogen and oxygen atoms in total. The Morgan fingerprint density at radius 3 is 2.40 bits per heavy atom. The van der Waals surface area contributed by atoms with Crippen molar-refractivity contribution in [1.82, 2.24) is 14.7 Å². The Morgan fingerprint density at radius 2 is 1.79 bits per heavy atom. The molecule has 1 saturated heterocycles. The van der Waals surface area contributed by atoms with E-state index < -0.39 is 12.0 Å². The number of nitrogens with zero attached hydrogens (tertiary/aromatic N) is 3. The van der Waals surface area contributed by atoms with Crippen LogP contribution in [0.2, 0.25) is 5.02 Å². The molecule has 1 aliphatic carbocycles. The molecule has 1 N–H and O–H groups in total. The van der Waals surface area contributed by atoms with Crippen molar-refractivity contribution < 1.29 is 23.8 Å². The molecule has 1 saturated carbocycles. The topological polar surface area (TPSA) is 73.3 Å². The van der Waals surface area contributed by atoms with Gasteiger partial charge in [0, 0.05) is 43.3 Å². The van der Waals surface area contributed by atoms with Gasteiger partial charge in [0.25, 0.3) is 0 Å². The van der Waals surface area contributed by atoms with E-state index in [0.717, 1.165) is 62.9 Å². The first-order chi connectivity index (χ1) is 20.6. The number of rotatable bonds is 12. The van der Waals surface area contributed by atoms with Crippen LogP contribution in [0.15, 0.2) is 48.5 Å². The number of amides is 1. The molecule has 2 aliphatic rings. The lowest BCUT2D eigenvalue weighted by molar-refractivity contribution is -0.145. The first-order valence-corrected chi connectivity index (χ1v) is 16.1. The molecule has 4 rings (SSSR count). The number of likely N-dealkylation sites (N-methyl/N-ethyl adjacent to an activating group) is 1. The maximum atomic E-state index is 14.3. The van der Waals surface area contributed by atoms with Crippen LogP contribution in [0.3, 0.4) is 0 Å². The van der Waals surface area contributed by atoms with E-state index in [1.165, 1.54) is 6.07 Å². The Morgan fingerprint density at radius 1 is 1.09 bits per heavy atom. The van der Waals surface area contributed by atoms with Gasteiger partial charge in [-0.2, -0.15) is 0 Å². The molecule has 0 bridgehead atoms. The van der Waals surface area contributed by atoms with Gasteiger partial charge in [-0.25, -0.2) is 9.18 Å². The molecular formula is C34H47ClFN3O4. The average Bonchev–Trinajstić information content (AvgIpc) is 3.39. The third-order valence-corrected chi connectivity index (χ3v) is 9.56. The number of piperidine rings is 1. The molecule has 9 heteroatoms. The number of carboxylic acid groups (broad SMARTS) is 1. The maximum Gasteiger partial charge on any atom is 0.410 e. The first-order valence-electron chi connectivity index (χ1n) is 15.7. The number of likely N-dealkylation sites (tertiary alicyclic amines) is 1. The summed E-state index contributed by atoms with van der Waals surface area (Å²) in [5, 5.41) is 10.6. The predicted octanol–water partition coefficient (Wildman–Crippen LogP) is 6.90. The summed E-state index contributed by atoms with van der Waals surface area (Å²) < 4.78 is 20.0. The number of benzene rings is 2. The highest BCUT2D eigenvalue weighted by Gasteiger charge is 2.42. The molecule has 1 aliphatic heterocycles. The molecule has 1 amide bonds. The summed E-state index contributed by atoms with van der Waals surface area (Å²) in [6.45, 7) is 9.44. The summed E-state index contributed by atoms with van der Waals surface area (Å²) in [7, 11) is 1.92. The molecule has 2 fully saturated rings. The van der Waals surface area contributed by atoms with Crippen LogP contribution in [0.5, 0.6) is 0 Å². The minimum absolute atomic E-state index is 0.0165. The van der Waals surface area contributed by atoms with Crippen LogP contribution in [-0.4, -0.2) is 83.2 Å². The van der Waals surface area contributed by atoms with E-state index >= 15 is 0 Å². The number of hydrogen-bond acceptors (Lipinski definition) is 5. The van der Waals surface area contributed by atoms with Gasteiger partial charge in [-0.1, -0.05) is 56.6 Å². The van der Waals surface area contributed by atoms with Gasteiger partial charge in [0.05, 0.1) is 0 Å². The summed E-state index contributed by atoms with van der Waals surface area (Å²) in [6, 6.07) is 13.9. The molecule has 43 heavy (non-hydrogen) atoms. The number of aliphatic carboxylic acids is 1. The number of halogens is 2. The van der Waals surface area contributed by atoms with Crippen molar-refractivity contribution in [3.63, 3.8) is 0 Å². The zero-order valence-electron chi connectivity index (χ0n) is 25.9. The fraction of sp³-hybridized carbons (Fsp3) is 0.588. The monoisotopic (exact) mass is 615 g/mol. The molecule has 0 radical (unpaired) electrons. The molecular weight excluding hydrogens is 569 g/mol. The van der Waals surface area contributed by atoms with Crippen molar-refractivity contribution in [1.29, 1.82) is 0 Å². The van der Waals surface area contributed by atoms with E-state index in [2.05, 4.69) is 11.8 Å². The summed E-state index contributed by atoms with van der Waals surface area (Å²) in [4.78, 5) is 31.6. The summed E-state index contributed by atoms with van der Waals surface area (Å²) >= 11 is 5.98. The smallest absolute Gasteiger partial charge is 0.410 e. The number of carbonyl (C=O) groups excluding carboxylic acids is 1. The third kappa shape index (κ3) is 8.70. The van der Waals surface area contributed by atoms with Gasteiger partial charge >= 0.3 is 12.1 Å². The molecule has 3 unspecified atom stereocenters. The lowest BCUT2D eigenvalue weighted by atomic mass is 9.88. The zero-order valence-corrected chi connectivity index (χ0v) is 26.7. The van der Waals surface area contributed by atoms with E-state index in [9.17, 15) is 19.1 Å². The van der Waals surface area contributed by atoms with Crippen molar-refractivity contribution in [2.45, 2.75) is 83.5 Å². The van der Waals surface area contributed by atoms with Crippen LogP contribution >= 0.6 is 11.6 Å². The molecule has 4 atom stereocenters. The Labute approximate surface area is 260 Å². The van der Waals surface area contributed by atoms with Crippen LogP contribution in [0.1, 0.15) is 69.9 Å². The second kappa shape index (κ2) is 15.4. The number of hydrogen-bond donors (Lipinski definition) is 1. The van der Waals surface area contributed by atoms with Gasteiger partial charge in [0.15, 0.2) is 0 Å². The van der Waals surface area contributed by atoms with E-state index in [4.69, 9.17) is 16.3 Å². The van der Waals surface area contributed by atoms with Crippen LogP contribution < -0.4 is 0 Å². The van der Waals surface area contributed by atoms with Crippen molar-refractivity contribution in [3.8, 4) is 0 Å². The minimum atomic E-state index is -0.798. The van der Waals surface area contributed by atoms with E-state index in [1.807, 2.05) is 48.9 Å². The van der Waals surface area contributed by atoms with E-state index in [0.29, 0.717) is 11.6 Å². The van der Waals surface area contributed by atoms with Gasteiger partial charge in [0.2, 0.25) is 0 Å². The fourth-order valence-electron chi connectivity index (χ4n) is 7.15. The van der Waals surface area contributed by atoms with E-state index in [-0.39, 0.29) is 48.4 Å². The summed E-state index contributed by atoms with van der Waals surface area (Å²) in [5.41, 5.74) is 1.89. The molecule has 2 aromatic rings. The zero-order chi connectivity index (χ0) is 31.1. The fourth-order valence-corrected chi connectivity index (χ4v) is 7.28. The van der Waals surface area contributed by atoms with Crippen LogP contribution in [0.25, 0.3) is 0 Å². The molecule has 0 spiro atoms. The first kappa shape index (κ1) is 33.2. The Balaban J connectivity index is 1.39. The molecule has 2 aromatic carbocycles. The second-order valence-corrected chi connectivity index (χ2v) is 13.1. The Kier molecular flexibility index (Phi) is 11.9. The summed E-state index contributed by atoms with van der Waals surface area (Å²) in [5.74, 6) is -0.616. The van der Waals surface area contributed by atoms with E-state index in [1.54, 1.807) is 24.3 Å². The molecule has 1 heterocycles. The largest absolute Gasteiger partial charge is 0.480 e. The standard InChI is InChI=1S/C34H47ClFN3O4/c1-5-15-39(34(42)43-22-24-9-11-27(35)12-10-24)29-13-16-38(17-14-29)21-26-19-30(37(4)32(23(2)3)33(40)41)20-31(26)25-7-6-8-28(36)18-25/h6-12,18,23,26,29-32H,5,13-17,19-22H2,1-4H3,(H,40,41)/t26?,30?,31?,32-/m1/s1. The van der Waals surface area contributed by atoms with Gasteiger partial charge in [-0.15, -0.1) is 0 Å². The van der Waals surface area contributed by atoms with Crippen LogP contribution in [0, 0.1) is 17.7 Å². The molecule has 236 valence electrons. The Hall–Kier alpha value is -2.68. The van der Waals surface area contributed by atoms with Crippen molar-refractivity contribution >= 4 is 23.7 Å². The SMILES string of the molecule is CCCN(C(=O)OCc1ccc(Cl)cc1)C1CCN(CC2CC(N(C)[C@@H](C(=O)O)C(C)C)CC2c2cccc(F)c2)CC1. The second-order valence-electron chi connectivity index (χ2n) is 12.6. The highest BCUT2D eigenvalue weighted by molar-refractivity contribution is 6.30. The number of carboxylic acids is 1. The normalized spacial score (nSPS) is 22.2. The summed E-state index contributed by atoms with van der Waals surface area (Å²) in [6.07, 6.45) is 3.99. The van der Waals surface area contributed by atoms with Crippen LogP contribution in [0.4, 0.5) is 9.18 Å². The van der Waals surface area contributed by atoms with Gasteiger partial charge < -0.3 is 19.6 Å². The quantitative estimate of drug-likeness (QED) is 0.280. The highest BCUT2D eigenvalue weighted by atomic mass is 35.5. The predicted molar refractivity (Wildman–Crippen MR) is 168 cm³/mol. The third-order valence-electron chi connectivity index (χ3n) is 9.31.